The molecule has 2 N–H and O–H groups in total. The molecule has 0 bridgehead atoms. The monoisotopic (exact) mass is 466 g/mol. The number of hydrogen-bond donors (Lipinski definition) is 1. The van der Waals surface area contributed by atoms with Gasteiger partial charge in [0.15, 0.2) is 0 Å². The number of imide groups is 1. The molecule has 1 aliphatic heterocycles. The number of hydrogen-bond acceptors (Lipinski definition) is 3. The maximum atomic E-state index is 13.9. The van der Waals surface area contributed by atoms with Crippen molar-refractivity contribution in [2.45, 2.75) is 39.2 Å². The van der Waals surface area contributed by atoms with Gasteiger partial charge in [-0.1, -0.05) is 38.1 Å². The summed E-state index contributed by atoms with van der Waals surface area (Å²) in [5.74, 6) is 0.141. The van der Waals surface area contributed by atoms with Gasteiger partial charge in [0.2, 0.25) is 0 Å². The first-order chi connectivity index (χ1) is 16.9. The number of carbonyl (C=O) groups is 2. The van der Waals surface area contributed by atoms with Crippen molar-refractivity contribution in [1.29, 1.82) is 0 Å². The molecule has 3 aromatic heterocycles. The lowest BCUT2D eigenvalue weighted by molar-refractivity contribution is -0.119. The Hall–Kier alpha value is -3.64. The highest BCUT2D eigenvalue weighted by atomic mass is 16.2. The number of carbonyl (C=O) groups excluding carboxylic acids is 2. The SMILES string of the molecule is CC(C)[C@H](N)[C@H]1CCc2c(c(N3C(=O)C=C(c4cn(C)c5ccccc45)C3=O)c3ccccn23)C1. The average Bonchev–Trinajstić information content (AvgIpc) is 3.47. The molecule has 35 heavy (non-hydrogen) atoms. The normalized spacial score (nSPS) is 19.2. The molecule has 0 radical (unpaired) electrons. The quantitative estimate of drug-likeness (QED) is 0.451. The molecule has 178 valence electrons. The number of pyridine rings is 1. The molecule has 2 aliphatic rings. The maximum Gasteiger partial charge on any atom is 0.266 e. The summed E-state index contributed by atoms with van der Waals surface area (Å²) < 4.78 is 4.15. The van der Waals surface area contributed by atoms with E-state index in [4.69, 9.17) is 5.73 Å². The van der Waals surface area contributed by atoms with Crippen LogP contribution in [0.25, 0.3) is 22.0 Å². The largest absolute Gasteiger partial charge is 0.350 e. The summed E-state index contributed by atoms with van der Waals surface area (Å²) in [6, 6.07) is 14.0. The van der Waals surface area contributed by atoms with Crippen molar-refractivity contribution >= 4 is 39.5 Å². The third kappa shape index (κ3) is 3.20. The number of nitrogens with zero attached hydrogens (tertiary/aromatic N) is 3. The van der Waals surface area contributed by atoms with Gasteiger partial charge in [-0.15, -0.1) is 0 Å². The number of nitrogens with two attached hydrogens (primary N) is 1. The van der Waals surface area contributed by atoms with Crippen LogP contribution in [0.5, 0.6) is 0 Å². The standard InChI is InChI=1S/C29H30N4O2/c1-17(2)27(30)18-11-12-24-21(14-18)28(25-10-6-7-13-32(24)25)33-26(34)15-20(29(33)35)22-16-31(3)23-9-5-4-8-19(22)23/h4-10,13,15-18,27H,11-12,14,30H2,1-3H3/t18-,27-/m0/s1. The molecule has 2 amide bonds. The van der Waals surface area contributed by atoms with Crippen LogP contribution in [0.2, 0.25) is 0 Å². The van der Waals surface area contributed by atoms with E-state index >= 15 is 0 Å². The molecule has 4 aromatic rings. The van der Waals surface area contributed by atoms with E-state index in [0.717, 1.165) is 52.5 Å². The van der Waals surface area contributed by atoms with E-state index in [1.165, 1.54) is 16.7 Å². The second-order valence-corrected chi connectivity index (χ2v) is 10.3. The molecule has 2 atom stereocenters. The molecule has 6 heteroatoms. The summed E-state index contributed by atoms with van der Waals surface area (Å²) in [7, 11) is 1.96. The number of rotatable bonds is 4. The summed E-state index contributed by atoms with van der Waals surface area (Å²) in [6.07, 6.45) is 8.13. The molecule has 0 fully saturated rings. The average molecular weight is 467 g/mol. The van der Waals surface area contributed by atoms with Crippen molar-refractivity contribution in [3.63, 3.8) is 0 Å². The summed E-state index contributed by atoms with van der Waals surface area (Å²) in [4.78, 5) is 28.8. The van der Waals surface area contributed by atoms with E-state index in [-0.39, 0.29) is 17.9 Å². The van der Waals surface area contributed by atoms with Crippen molar-refractivity contribution in [3.8, 4) is 0 Å². The van der Waals surface area contributed by atoms with Gasteiger partial charge < -0.3 is 14.7 Å². The second kappa shape index (κ2) is 7.95. The Balaban J connectivity index is 1.48. The third-order valence-corrected chi connectivity index (χ3v) is 7.89. The predicted octanol–water partition coefficient (Wildman–Crippen LogP) is 4.48. The van der Waals surface area contributed by atoms with Crippen LogP contribution in [-0.2, 0) is 29.5 Å². The Bertz CT molecular complexity index is 1540. The number of benzene rings is 1. The lowest BCUT2D eigenvalue weighted by atomic mass is 9.79. The number of aryl methyl sites for hydroxylation is 2. The minimum atomic E-state index is -0.285. The van der Waals surface area contributed by atoms with Crippen LogP contribution >= 0.6 is 0 Å². The van der Waals surface area contributed by atoms with Gasteiger partial charge in [-0.2, -0.15) is 0 Å². The third-order valence-electron chi connectivity index (χ3n) is 7.89. The Morgan fingerprint density at radius 1 is 1.03 bits per heavy atom. The molecule has 0 saturated heterocycles. The van der Waals surface area contributed by atoms with Gasteiger partial charge >= 0.3 is 0 Å². The van der Waals surface area contributed by atoms with Crippen LogP contribution in [0.1, 0.15) is 37.1 Å². The van der Waals surface area contributed by atoms with Crippen LogP contribution in [-0.4, -0.2) is 26.8 Å². The molecular weight excluding hydrogens is 436 g/mol. The first kappa shape index (κ1) is 21.9. The van der Waals surface area contributed by atoms with Crippen LogP contribution in [0.15, 0.2) is 60.9 Å². The number of fused-ring (bicyclic) bond motifs is 4. The highest BCUT2D eigenvalue weighted by Crippen LogP contribution is 2.43. The van der Waals surface area contributed by atoms with Gasteiger partial charge in [-0.05, 0) is 54.9 Å². The molecule has 4 heterocycles. The fourth-order valence-electron chi connectivity index (χ4n) is 6.03. The Labute approximate surface area is 204 Å². The highest BCUT2D eigenvalue weighted by Gasteiger charge is 2.40. The summed E-state index contributed by atoms with van der Waals surface area (Å²) >= 11 is 0. The molecule has 6 rings (SSSR count). The zero-order chi connectivity index (χ0) is 24.4. The van der Waals surface area contributed by atoms with E-state index in [9.17, 15) is 9.59 Å². The molecule has 0 unspecified atom stereocenters. The zero-order valence-electron chi connectivity index (χ0n) is 20.4. The van der Waals surface area contributed by atoms with Crippen LogP contribution in [0.4, 0.5) is 5.69 Å². The fourth-order valence-corrected chi connectivity index (χ4v) is 6.03. The second-order valence-electron chi connectivity index (χ2n) is 10.3. The molecule has 1 aliphatic carbocycles. The predicted molar refractivity (Wildman–Crippen MR) is 139 cm³/mol. The van der Waals surface area contributed by atoms with Crippen LogP contribution in [0.3, 0.4) is 0 Å². The maximum absolute atomic E-state index is 13.9. The van der Waals surface area contributed by atoms with E-state index in [1.807, 2.05) is 66.5 Å². The van der Waals surface area contributed by atoms with Crippen LogP contribution < -0.4 is 10.6 Å². The van der Waals surface area contributed by atoms with Gasteiger partial charge in [0.25, 0.3) is 11.8 Å². The van der Waals surface area contributed by atoms with E-state index < -0.39 is 0 Å². The van der Waals surface area contributed by atoms with Gasteiger partial charge in [0.1, 0.15) is 0 Å². The lowest BCUT2D eigenvalue weighted by Crippen LogP contribution is -2.39. The summed E-state index contributed by atoms with van der Waals surface area (Å²) in [6.45, 7) is 4.32. The van der Waals surface area contributed by atoms with Gasteiger partial charge in [-0.25, -0.2) is 4.90 Å². The van der Waals surface area contributed by atoms with Crippen molar-refractivity contribution in [1.82, 2.24) is 8.97 Å². The topological polar surface area (TPSA) is 72.7 Å². The summed E-state index contributed by atoms with van der Waals surface area (Å²) in [5.41, 5.74) is 12.7. The Kier molecular flexibility index (Phi) is 4.97. The molecule has 6 nitrogen and oxygen atoms in total. The molecule has 1 aromatic carbocycles. The van der Waals surface area contributed by atoms with E-state index in [2.05, 4.69) is 18.2 Å². The minimum Gasteiger partial charge on any atom is -0.350 e. The number of amides is 2. The summed E-state index contributed by atoms with van der Waals surface area (Å²) in [5, 5.41) is 0.969. The van der Waals surface area contributed by atoms with Crippen molar-refractivity contribution in [3.05, 3.63) is 77.8 Å². The first-order valence-electron chi connectivity index (χ1n) is 12.4. The number of aromatic nitrogens is 2. The van der Waals surface area contributed by atoms with Crippen molar-refractivity contribution in [2.75, 3.05) is 4.90 Å². The fraction of sp³-hybridized carbons (Fsp3) is 0.310. The Morgan fingerprint density at radius 2 is 1.77 bits per heavy atom. The van der Waals surface area contributed by atoms with Gasteiger partial charge in [-0.3, -0.25) is 9.59 Å². The van der Waals surface area contributed by atoms with Gasteiger partial charge in [0.05, 0.1) is 16.8 Å². The lowest BCUT2D eigenvalue weighted by Gasteiger charge is -2.31. The number of para-hydroxylation sites is 1. The molecule has 0 saturated carbocycles. The Morgan fingerprint density at radius 3 is 2.57 bits per heavy atom. The van der Waals surface area contributed by atoms with E-state index in [0.29, 0.717) is 17.4 Å². The first-order valence-corrected chi connectivity index (χ1v) is 12.4. The van der Waals surface area contributed by atoms with E-state index in [1.54, 1.807) is 0 Å². The van der Waals surface area contributed by atoms with Crippen LogP contribution in [0, 0.1) is 11.8 Å². The number of anilines is 1. The smallest absolute Gasteiger partial charge is 0.266 e. The molecule has 0 spiro atoms. The van der Waals surface area contributed by atoms with Gasteiger partial charge in [0, 0.05) is 53.7 Å². The van der Waals surface area contributed by atoms with Crippen molar-refractivity contribution < 1.29 is 9.59 Å². The molecular formula is C29H30N4O2. The highest BCUT2D eigenvalue weighted by molar-refractivity contribution is 6.45. The van der Waals surface area contributed by atoms with Crippen molar-refractivity contribution in [2.24, 2.45) is 24.6 Å². The zero-order valence-corrected chi connectivity index (χ0v) is 20.4. The minimum absolute atomic E-state index is 0.0772.